The van der Waals surface area contributed by atoms with E-state index in [0.717, 1.165) is 0 Å². The van der Waals surface area contributed by atoms with Crippen LogP contribution in [0, 0.1) is 0 Å². The second-order valence-electron chi connectivity index (χ2n) is 2.46. The topological polar surface area (TPSA) is 12.0 Å². The van der Waals surface area contributed by atoms with Crippen molar-refractivity contribution < 1.29 is 0 Å². The number of rotatable bonds is 4. The molecule has 0 bridgehead atoms. The van der Waals surface area contributed by atoms with Gasteiger partial charge in [0, 0.05) is 6.04 Å². The van der Waals surface area contributed by atoms with Crippen LogP contribution in [0.5, 0.6) is 0 Å². The van der Waals surface area contributed by atoms with Crippen molar-refractivity contribution in [2.75, 3.05) is 6.54 Å². The molecule has 0 aromatic heterocycles. The first-order chi connectivity index (χ1) is 5.77. The lowest BCUT2D eigenvalue weighted by atomic mass is 10.3. The molecule has 0 saturated heterocycles. The minimum Gasteiger partial charge on any atom is -0.315 e. The van der Waals surface area contributed by atoms with Crippen LogP contribution in [-0.2, 0) is 0 Å². The molecule has 0 aliphatic heterocycles. The molecular formula is C11H29N. The molecule has 78 valence electrons. The molecule has 0 aromatic carbocycles. The van der Waals surface area contributed by atoms with E-state index in [-0.39, 0.29) is 0 Å². The Morgan fingerprint density at radius 2 is 1.42 bits per heavy atom. The summed E-state index contributed by atoms with van der Waals surface area (Å²) in [6, 6.07) is 0.654. The molecule has 0 unspecified atom stereocenters. The van der Waals surface area contributed by atoms with E-state index in [1.54, 1.807) is 0 Å². The molecule has 0 aromatic rings. The van der Waals surface area contributed by atoms with Gasteiger partial charge in [-0.15, -0.1) is 0 Å². The lowest BCUT2D eigenvalue weighted by molar-refractivity contribution is 0.566. The monoisotopic (exact) mass is 175 g/mol. The van der Waals surface area contributed by atoms with Crippen molar-refractivity contribution in [3.05, 3.63) is 0 Å². The van der Waals surface area contributed by atoms with Crippen LogP contribution < -0.4 is 5.32 Å². The average Bonchev–Trinajstić information content (AvgIpc) is 2.12. The van der Waals surface area contributed by atoms with E-state index in [0.29, 0.717) is 6.04 Å². The normalized spacial score (nSPS) is 8.00. The average molecular weight is 175 g/mol. The third-order valence-electron chi connectivity index (χ3n) is 1.08. The molecule has 1 heteroatoms. The Morgan fingerprint density at radius 1 is 1.00 bits per heavy atom. The second kappa shape index (κ2) is 22.4. The molecule has 0 amide bonds. The molecule has 1 nitrogen and oxygen atoms in total. The van der Waals surface area contributed by atoms with Gasteiger partial charge in [0.1, 0.15) is 0 Å². The van der Waals surface area contributed by atoms with Gasteiger partial charge in [0.15, 0.2) is 0 Å². The molecule has 0 fully saturated rings. The molecule has 1 N–H and O–H groups in total. The van der Waals surface area contributed by atoms with Crippen molar-refractivity contribution in [2.24, 2.45) is 0 Å². The van der Waals surface area contributed by atoms with E-state index in [4.69, 9.17) is 0 Å². The smallest absolute Gasteiger partial charge is 0.00103 e. The summed E-state index contributed by atoms with van der Waals surface area (Å²) >= 11 is 0. The fraction of sp³-hybridized carbons (Fsp3) is 1.00. The highest BCUT2D eigenvalue weighted by molar-refractivity contribution is 4.50. The predicted molar refractivity (Wildman–Crippen MR) is 60.7 cm³/mol. The van der Waals surface area contributed by atoms with Gasteiger partial charge in [-0.2, -0.15) is 0 Å². The lowest BCUT2D eigenvalue weighted by Gasteiger charge is -2.05. The summed E-state index contributed by atoms with van der Waals surface area (Å²) in [4.78, 5) is 0. The van der Waals surface area contributed by atoms with Crippen LogP contribution in [-0.4, -0.2) is 12.6 Å². The number of hydrogen-bond acceptors (Lipinski definition) is 1. The highest BCUT2D eigenvalue weighted by atomic mass is 14.9. The van der Waals surface area contributed by atoms with Gasteiger partial charge in [0.25, 0.3) is 0 Å². The largest absolute Gasteiger partial charge is 0.315 e. The highest BCUT2D eigenvalue weighted by Gasteiger charge is 1.87. The van der Waals surface area contributed by atoms with Gasteiger partial charge in [-0.25, -0.2) is 0 Å². The SMILES string of the molecule is CC.CC.CCCCNC(C)C. The van der Waals surface area contributed by atoms with Gasteiger partial charge in [-0.05, 0) is 13.0 Å². The van der Waals surface area contributed by atoms with Crippen LogP contribution in [0.2, 0.25) is 0 Å². The summed E-state index contributed by atoms with van der Waals surface area (Å²) < 4.78 is 0. The summed E-state index contributed by atoms with van der Waals surface area (Å²) in [6.07, 6.45) is 2.60. The van der Waals surface area contributed by atoms with Crippen molar-refractivity contribution in [3.63, 3.8) is 0 Å². The van der Waals surface area contributed by atoms with Crippen LogP contribution in [0.15, 0.2) is 0 Å². The number of unbranched alkanes of at least 4 members (excludes halogenated alkanes) is 1. The summed E-state index contributed by atoms with van der Waals surface area (Å²) in [5.74, 6) is 0. The standard InChI is InChI=1S/C7H17N.2C2H6/c1-4-5-6-8-7(2)3;2*1-2/h7-8H,4-6H2,1-3H3;2*1-2H3. The van der Waals surface area contributed by atoms with Crippen LogP contribution >= 0.6 is 0 Å². The van der Waals surface area contributed by atoms with E-state index in [1.807, 2.05) is 27.7 Å². The molecule has 0 radical (unpaired) electrons. The zero-order valence-corrected chi connectivity index (χ0v) is 10.2. The first-order valence-corrected chi connectivity index (χ1v) is 5.50. The van der Waals surface area contributed by atoms with E-state index in [2.05, 4.69) is 26.1 Å². The first-order valence-electron chi connectivity index (χ1n) is 5.50. The molecule has 12 heavy (non-hydrogen) atoms. The zero-order valence-electron chi connectivity index (χ0n) is 10.2. The minimum atomic E-state index is 0.654. The Balaban J connectivity index is -0.000000175. The molecule has 0 spiro atoms. The highest BCUT2D eigenvalue weighted by Crippen LogP contribution is 1.83. The Morgan fingerprint density at radius 3 is 1.67 bits per heavy atom. The summed E-state index contributed by atoms with van der Waals surface area (Å²) in [6.45, 7) is 15.7. The van der Waals surface area contributed by atoms with E-state index in [9.17, 15) is 0 Å². The van der Waals surface area contributed by atoms with E-state index < -0.39 is 0 Å². The third-order valence-corrected chi connectivity index (χ3v) is 1.08. The van der Waals surface area contributed by atoms with Crippen molar-refractivity contribution in [1.82, 2.24) is 5.32 Å². The van der Waals surface area contributed by atoms with Crippen molar-refractivity contribution >= 4 is 0 Å². The van der Waals surface area contributed by atoms with Crippen LogP contribution in [0.3, 0.4) is 0 Å². The molecule has 0 atom stereocenters. The predicted octanol–water partition coefficient (Wildman–Crippen LogP) is 3.84. The molecule has 0 heterocycles. The second-order valence-corrected chi connectivity index (χ2v) is 2.46. The van der Waals surface area contributed by atoms with Crippen LogP contribution in [0.25, 0.3) is 0 Å². The Hall–Kier alpha value is -0.0400. The van der Waals surface area contributed by atoms with E-state index >= 15 is 0 Å². The van der Waals surface area contributed by atoms with Gasteiger partial charge in [-0.1, -0.05) is 54.9 Å². The Labute approximate surface area is 80.0 Å². The zero-order chi connectivity index (χ0) is 10.4. The van der Waals surface area contributed by atoms with Crippen molar-refractivity contribution in [3.8, 4) is 0 Å². The quantitative estimate of drug-likeness (QED) is 0.640. The third kappa shape index (κ3) is 32.5. The van der Waals surface area contributed by atoms with Gasteiger partial charge < -0.3 is 5.32 Å². The maximum Gasteiger partial charge on any atom is 0.00103 e. The van der Waals surface area contributed by atoms with Crippen molar-refractivity contribution in [1.29, 1.82) is 0 Å². The van der Waals surface area contributed by atoms with Gasteiger partial charge in [-0.3, -0.25) is 0 Å². The number of hydrogen-bond donors (Lipinski definition) is 1. The van der Waals surface area contributed by atoms with Gasteiger partial charge in [0.05, 0.1) is 0 Å². The van der Waals surface area contributed by atoms with Gasteiger partial charge >= 0.3 is 0 Å². The Bertz CT molecular complexity index is 42.3. The summed E-state index contributed by atoms with van der Waals surface area (Å²) in [7, 11) is 0. The maximum absolute atomic E-state index is 3.35. The van der Waals surface area contributed by atoms with Gasteiger partial charge in [0.2, 0.25) is 0 Å². The van der Waals surface area contributed by atoms with Crippen LogP contribution in [0.1, 0.15) is 61.3 Å². The minimum absolute atomic E-state index is 0.654. The van der Waals surface area contributed by atoms with E-state index in [1.165, 1.54) is 19.4 Å². The molecule has 0 aliphatic rings. The number of nitrogens with one attached hydrogen (secondary N) is 1. The molecule has 0 aliphatic carbocycles. The molecule has 0 rings (SSSR count). The molecule has 0 saturated carbocycles. The summed E-state index contributed by atoms with van der Waals surface area (Å²) in [5.41, 5.74) is 0. The molecular weight excluding hydrogens is 146 g/mol. The lowest BCUT2D eigenvalue weighted by Crippen LogP contribution is -2.23. The Kier molecular flexibility index (Phi) is 33.5. The fourth-order valence-corrected chi connectivity index (χ4v) is 0.568. The van der Waals surface area contributed by atoms with Crippen molar-refractivity contribution in [2.45, 2.75) is 67.3 Å². The van der Waals surface area contributed by atoms with Crippen LogP contribution in [0.4, 0.5) is 0 Å². The first kappa shape index (κ1) is 17.9. The fourth-order valence-electron chi connectivity index (χ4n) is 0.568. The maximum atomic E-state index is 3.35. The summed E-state index contributed by atoms with van der Waals surface area (Å²) in [5, 5.41) is 3.35.